The zero-order chi connectivity index (χ0) is 14.8. The van der Waals surface area contributed by atoms with E-state index >= 15 is 0 Å². The summed E-state index contributed by atoms with van der Waals surface area (Å²) >= 11 is 2.09. The first-order valence-electron chi connectivity index (χ1n) is 7.96. The van der Waals surface area contributed by atoms with Crippen molar-refractivity contribution in [2.45, 2.75) is 45.7 Å². The number of nitrogens with zero attached hydrogens (tertiary/aromatic N) is 2. The van der Waals surface area contributed by atoms with Crippen molar-refractivity contribution in [1.29, 1.82) is 0 Å². The Balaban J connectivity index is 1.97. The molecule has 0 radical (unpaired) electrons. The number of hydrogen-bond donors (Lipinski definition) is 1. The van der Waals surface area contributed by atoms with Crippen LogP contribution in [0.25, 0.3) is 11.0 Å². The summed E-state index contributed by atoms with van der Waals surface area (Å²) in [6.45, 7) is 5.08. The molecule has 3 nitrogen and oxygen atoms in total. The summed E-state index contributed by atoms with van der Waals surface area (Å²) in [7, 11) is 0. The summed E-state index contributed by atoms with van der Waals surface area (Å²) in [6.07, 6.45) is 3.78. The molecule has 114 valence electrons. The Labute approximate surface area is 131 Å². The summed E-state index contributed by atoms with van der Waals surface area (Å²) in [4.78, 5) is 4.94. The van der Waals surface area contributed by atoms with Crippen molar-refractivity contribution >= 4 is 22.8 Å². The first-order valence-corrected chi connectivity index (χ1v) is 9.12. The van der Waals surface area contributed by atoms with Crippen LogP contribution >= 0.6 is 11.8 Å². The summed E-state index contributed by atoms with van der Waals surface area (Å²) in [5, 5.41) is 0. The molecule has 0 saturated carbocycles. The van der Waals surface area contributed by atoms with Crippen LogP contribution in [0.1, 0.15) is 44.1 Å². The Morgan fingerprint density at radius 1 is 1.33 bits per heavy atom. The maximum absolute atomic E-state index is 5.76. The zero-order valence-corrected chi connectivity index (χ0v) is 13.8. The van der Waals surface area contributed by atoms with E-state index in [-0.39, 0.29) is 0 Å². The van der Waals surface area contributed by atoms with E-state index in [1.165, 1.54) is 35.7 Å². The van der Waals surface area contributed by atoms with Gasteiger partial charge < -0.3 is 10.3 Å². The predicted octanol–water partition coefficient (Wildman–Crippen LogP) is 3.76. The molecule has 1 fully saturated rings. The Hall–Kier alpha value is -1.00. The van der Waals surface area contributed by atoms with E-state index in [4.69, 9.17) is 10.7 Å². The lowest BCUT2D eigenvalue weighted by atomic mass is 9.98. The highest BCUT2D eigenvalue weighted by Gasteiger charge is 2.20. The highest BCUT2D eigenvalue weighted by Crippen LogP contribution is 2.29. The maximum atomic E-state index is 5.76. The van der Waals surface area contributed by atoms with Gasteiger partial charge in [-0.15, -0.1) is 0 Å². The molecule has 1 aromatic heterocycles. The van der Waals surface area contributed by atoms with Gasteiger partial charge in [-0.2, -0.15) is 11.8 Å². The molecule has 1 aliphatic rings. The number of benzene rings is 1. The highest BCUT2D eigenvalue weighted by atomic mass is 32.2. The van der Waals surface area contributed by atoms with Gasteiger partial charge in [-0.05, 0) is 61.8 Å². The van der Waals surface area contributed by atoms with Crippen molar-refractivity contribution in [3.8, 4) is 0 Å². The van der Waals surface area contributed by atoms with Gasteiger partial charge >= 0.3 is 0 Å². The summed E-state index contributed by atoms with van der Waals surface area (Å²) < 4.78 is 2.41. The van der Waals surface area contributed by atoms with Gasteiger partial charge in [0.15, 0.2) is 0 Å². The fraction of sp³-hybridized carbons (Fsp3) is 0.588. The second-order valence-corrected chi connectivity index (χ2v) is 7.50. The van der Waals surface area contributed by atoms with Crippen molar-refractivity contribution in [3.63, 3.8) is 0 Å². The van der Waals surface area contributed by atoms with E-state index in [1.807, 2.05) is 0 Å². The van der Waals surface area contributed by atoms with Crippen molar-refractivity contribution in [1.82, 2.24) is 9.55 Å². The van der Waals surface area contributed by atoms with E-state index < -0.39 is 0 Å². The molecule has 2 N–H and O–H groups in total. The molecule has 2 aromatic rings. The zero-order valence-electron chi connectivity index (χ0n) is 13.0. The number of fused-ring (bicyclic) bond motifs is 1. The van der Waals surface area contributed by atoms with Crippen LogP contribution in [0.15, 0.2) is 18.2 Å². The first-order chi connectivity index (χ1) is 10.2. The van der Waals surface area contributed by atoms with Crippen LogP contribution in [0, 0.1) is 5.92 Å². The molecule has 21 heavy (non-hydrogen) atoms. The van der Waals surface area contributed by atoms with Gasteiger partial charge in [-0.3, -0.25) is 0 Å². The van der Waals surface area contributed by atoms with Gasteiger partial charge in [-0.1, -0.05) is 6.07 Å². The molecule has 2 heterocycles. The third-order valence-electron chi connectivity index (χ3n) is 4.39. The summed E-state index contributed by atoms with van der Waals surface area (Å²) in [6, 6.07) is 6.91. The molecule has 0 atom stereocenters. The van der Waals surface area contributed by atoms with Crippen molar-refractivity contribution in [2.75, 3.05) is 11.5 Å². The maximum Gasteiger partial charge on any atom is 0.110 e. The number of thioether (sulfide) groups is 1. The van der Waals surface area contributed by atoms with Crippen LogP contribution < -0.4 is 5.73 Å². The molecule has 0 spiro atoms. The van der Waals surface area contributed by atoms with E-state index in [0.717, 1.165) is 23.4 Å². The van der Waals surface area contributed by atoms with Gasteiger partial charge in [0, 0.05) is 19.0 Å². The Kier molecular flexibility index (Phi) is 4.55. The molecular formula is C17H25N3S. The fourth-order valence-electron chi connectivity index (χ4n) is 3.25. The minimum Gasteiger partial charge on any atom is -0.326 e. The average Bonchev–Trinajstić information content (AvgIpc) is 2.85. The first kappa shape index (κ1) is 14.9. The third kappa shape index (κ3) is 3.11. The van der Waals surface area contributed by atoms with E-state index in [2.05, 4.69) is 48.4 Å². The van der Waals surface area contributed by atoms with Crippen LogP contribution in [-0.2, 0) is 13.0 Å². The highest BCUT2D eigenvalue weighted by molar-refractivity contribution is 7.99. The monoisotopic (exact) mass is 303 g/mol. The van der Waals surface area contributed by atoms with Crippen LogP contribution in [-0.4, -0.2) is 21.1 Å². The number of aromatic nitrogens is 2. The number of rotatable bonds is 4. The largest absolute Gasteiger partial charge is 0.326 e. The lowest BCUT2D eigenvalue weighted by Gasteiger charge is -2.22. The van der Waals surface area contributed by atoms with E-state index in [9.17, 15) is 0 Å². The van der Waals surface area contributed by atoms with E-state index in [0.29, 0.717) is 12.6 Å². The molecule has 0 bridgehead atoms. The molecule has 1 aromatic carbocycles. The Morgan fingerprint density at radius 2 is 2.10 bits per heavy atom. The Morgan fingerprint density at radius 3 is 2.76 bits per heavy atom. The van der Waals surface area contributed by atoms with Gasteiger partial charge in [0.05, 0.1) is 11.0 Å². The van der Waals surface area contributed by atoms with Gasteiger partial charge in [-0.25, -0.2) is 4.98 Å². The quantitative estimate of drug-likeness (QED) is 0.935. The van der Waals surface area contributed by atoms with Gasteiger partial charge in [0.25, 0.3) is 0 Å². The molecule has 0 unspecified atom stereocenters. The molecule has 0 amide bonds. The fourth-order valence-corrected chi connectivity index (χ4v) is 4.45. The number of nitrogens with two attached hydrogens (primary N) is 1. The molecule has 1 aliphatic heterocycles. The second-order valence-electron chi connectivity index (χ2n) is 6.28. The van der Waals surface area contributed by atoms with Crippen LogP contribution in [0.4, 0.5) is 0 Å². The SMILES string of the molecule is CC(C)n1c(CC2CCSCC2)nc2cc(CN)ccc21. The summed E-state index contributed by atoms with van der Waals surface area (Å²) in [5.41, 5.74) is 9.28. The van der Waals surface area contributed by atoms with E-state index in [1.54, 1.807) is 0 Å². The molecule has 0 aliphatic carbocycles. The number of hydrogen-bond acceptors (Lipinski definition) is 3. The van der Waals surface area contributed by atoms with Crippen LogP contribution in [0.2, 0.25) is 0 Å². The van der Waals surface area contributed by atoms with Crippen LogP contribution in [0.5, 0.6) is 0 Å². The predicted molar refractivity (Wildman–Crippen MR) is 91.8 cm³/mol. The number of imidazole rings is 1. The van der Waals surface area contributed by atoms with Crippen molar-refractivity contribution < 1.29 is 0 Å². The normalized spacial score (nSPS) is 17.0. The molecule has 3 rings (SSSR count). The summed E-state index contributed by atoms with van der Waals surface area (Å²) in [5.74, 6) is 4.67. The van der Waals surface area contributed by atoms with Crippen molar-refractivity contribution in [3.05, 3.63) is 29.6 Å². The minimum atomic E-state index is 0.451. The smallest absolute Gasteiger partial charge is 0.110 e. The lowest BCUT2D eigenvalue weighted by Crippen LogP contribution is -2.16. The van der Waals surface area contributed by atoms with Crippen molar-refractivity contribution in [2.24, 2.45) is 11.7 Å². The lowest BCUT2D eigenvalue weighted by molar-refractivity contribution is 0.456. The third-order valence-corrected chi connectivity index (χ3v) is 5.44. The molecular weight excluding hydrogens is 278 g/mol. The second kappa shape index (κ2) is 6.41. The Bertz CT molecular complexity index is 612. The molecule has 4 heteroatoms. The van der Waals surface area contributed by atoms with Gasteiger partial charge in [0.2, 0.25) is 0 Å². The standard InChI is InChI=1S/C17H25N3S/c1-12(2)20-16-4-3-14(11-18)9-15(16)19-17(20)10-13-5-7-21-8-6-13/h3-4,9,12-13H,5-8,10-11,18H2,1-2H3. The molecule has 1 saturated heterocycles. The van der Waals surface area contributed by atoms with Gasteiger partial charge in [0.1, 0.15) is 5.82 Å². The average molecular weight is 303 g/mol. The topological polar surface area (TPSA) is 43.8 Å². The minimum absolute atomic E-state index is 0.451. The van der Waals surface area contributed by atoms with Crippen LogP contribution in [0.3, 0.4) is 0 Å².